The van der Waals surface area contributed by atoms with Gasteiger partial charge < -0.3 is 10.1 Å². The first kappa shape index (κ1) is 17.5. The molecule has 0 saturated heterocycles. The molecule has 0 heterocycles. The van der Waals surface area contributed by atoms with Gasteiger partial charge >= 0.3 is 0 Å². The van der Waals surface area contributed by atoms with E-state index in [9.17, 15) is 4.79 Å². The molecule has 0 aliphatic heterocycles. The van der Waals surface area contributed by atoms with Gasteiger partial charge in [0.2, 0.25) is 0 Å². The molecule has 1 unspecified atom stereocenters. The largest absolute Gasteiger partial charge is 0.481 e. The molecule has 21 heavy (non-hydrogen) atoms. The van der Waals surface area contributed by atoms with E-state index in [1.54, 1.807) is 6.92 Å². The molecule has 3 nitrogen and oxygen atoms in total. The van der Waals surface area contributed by atoms with Gasteiger partial charge in [-0.3, -0.25) is 4.79 Å². The average Bonchev–Trinajstić information content (AvgIpc) is 2.38. The Bertz CT molecular complexity index is 472. The summed E-state index contributed by atoms with van der Waals surface area (Å²) >= 11 is 0. The van der Waals surface area contributed by atoms with E-state index in [0.29, 0.717) is 11.8 Å². The number of amides is 1. The highest BCUT2D eigenvalue weighted by atomic mass is 16.5. The van der Waals surface area contributed by atoms with Crippen LogP contribution in [0.2, 0.25) is 0 Å². The first-order valence-corrected chi connectivity index (χ1v) is 7.76. The first-order valence-electron chi connectivity index (χ1n) is 7.76. The Balaban J connectivity index is 2.72. The number of rotatable bonds is 6. The van der Waals surface area contributed by atoms with E-state index < -0.39 is 6.10 Å². The molecule has 0 radical (unpaired) electrons. The van der Waals surface area contributed by atoms with Gasteiger partial charge in [0.1, 0.15) is 5.75 Å². The second-order valence-corrected chi connectivity index (χ2v) is 6.55. The number of nitrogens with one attached hydrogen (secondary N) is 1. The van der Waals surface area contributed by atoms with E-state index in [4.69, 9.17) is 4.74 Å². The van der Waals surface area contributed by atoms with Crippen molar-refractivity contribution in [3.63, 3.8) is 0 Å². The molecule has 0 aliphatic carbocycles. The second kappa shape index (κ2) is 7.48. The fourth-order valence-corrected chi connectivity index (χ4v) is 2.46. The predicted octanol–water partition coefficient (Wildman–Crippen LogP) is 3.87. The number of hydrogen-bond acceptors (Lipinski definition) is 2. The zero-order chi connectivity index (χ0) is 16.2. The zero-order valence-electron chi connectivity index (χ0n) is 14.4. The van der Waals surface area contributed by atoms with Crippen LogP contribution >= 0.6 is 0 Å². The van der Waals surface area contributed by atoms with Crippen LogP contribution in [-0.2, 0) is 4.79 Å². The molecule has 0 bridgehead atoms. The molecule has 3 heteroatoms. The molecule has 1 amide bonds. The van der Waals surface area contributed by atoms with Gasteiger partial charge in [-0.25, -0.2) is 0 Å². The fraction of sp³-hybridized carbons (Fsp3) is 0.611. The average molecular weight is 291 g/mol. The van der Waals surface area contributed by atoms with Crippen molar-refractivity contribution in [2.75, 3.05) is 0 Å². The lowest BCUT2D eigenvalue weighted by Gasteiger charge is -2.27. The summed E-state index contributed by atoms with van der Waals surface area (Å²) < 4.78 is 5.84. The van der Waals surface area contributed by atoms with Crippen LogP contribution in [0.1, 0.15) is 45.7 Å². The molecule has 1 aromatic carbocycles. The molecule has 1 N–H and O–H groups in total. The van der Waals surface area contributed by atoms with Crippen LogP contribution in [0.25, 0.3) is 0 Å². The van der Waals surface area contributed by atoms with E-state index in [-0.39, 0.29) is 11.9 Å². The standard InChI is InChI=1S/C18H29NO2/c1-11(2)17(12(3)4)19-18(20)15(7)21-16-10-13(5)8-9-14(16)6/h8-12,15,17H,1-7H3,(H,19,20). The van der Waals surface area contributed by atoms with Crippen LogP contribution in [-0.4, -0.2) is 18.1 Å². The van der Waals surface area contributed by atoms with Crippen LogP contribution < -0.4 is 10.1 Å². The number of carbonyl (C=O) groups excluding carboxylic acids is 1. The summed E-state index contributed by atoms with van der Waals surface area (Å²) in [6.07, 6.45) is -0.495. The van der Waals surface area contributed by atoms with Crippen molar-refractivity contribution in [1.29, 1.82) is 0 Å². The minimum Gasteiger partial charge on any atom is -0.481 e. The summed E-state index contributed by atoms with van der Waals surface area (Å²) in [5, 5.41) is 3.11. The Morgan fingerprint density at radius 3 is 2.14 bits per heavy atom. The van der Waals surface area contributed by atoms with Crippen molar-refractivity contribution in [3.05, 3.63) is 29.3 Å². The maximum Gasteiger partial charge on any atom is 0.261 e. The third-order valence-electron chi connectivity index (χ3n) is 3.76. The number of aryl methyl sites for hydroxylation is 2. The van der Waals surface area contributed by atoms with E-state index in [2.05, 4.69) is 33.0 Å². The lowest BCUT2D eigenvalue weighted by Crippen LogP contribution is -2.47. The summed E-state index contributed by atoms with van der Waals surface area (Å²) in [4.78, 5) is 12.3. The SMILES string of the molecule is Cc1ccc(C)c(OC(C)C(=O)NC(C(C)C)C(C)C)c1. The van der Waals surface area contributed by atoms with E-state index in [1.807, 2.05) is 32.0 Å². The summed E-state index contributed by atoms with van der Waals surface area (Å²) in [6.45, 7) is 14.3. The lowest BCUT2D eigenvalue weighted by atomic mass is 9.93. The molecule has 0 aromatic heterocycles. The maximum absolute atomic E-state index is 12.3. The Labute approximate surface area is 129 Å². The van der Waals surface area contributed by atoms with Crippen LogP contribution in [0.3, 0.4) is 0 Å². The highest BCUT2D eigenvalue weighted by molar-refractivity contribution is 5.81. The molecular weight excluding hydrogens is 262 g/mol. The minimum atomic E-state index is -0.495. The van der Waals surface area contributed by atoms with Crippen LogP contribution in [0.4, 0.5) is 0 Å². The van der Waals surface area contributed by atoms with Crippen molar-refractivity contribution in [2.45, 2.75) is 60.6 Å². The third kappa shape index (κ3) is 5.07. The topological polar surface area (TPSA) is 38.3 Å². The van der Waals surface area contributed by atoms with Gasteiger partial charge in [-0.2, -0.15) is 0 Å². The van der Waals surface area contributed by atoms with Crippen molar-refractivity contribution < 1.29 is 9.53 Å². The maximum atomic E-state index is 12.3. The molecular formula is C18H29NO2. The summed E-state index contributed by atoms with van der Waals surface area (Å²) in [5.41, 5.74) is 2.18. The van der Waals surface area contributed by atoms with Gasteiger partial charge in [-0.05, 0) is 49.8 Å². The lowest BCUT2D eigenvalue weighted by molar-refractivity contribution is -0.128. The zero-order valence-corrected chi connectivity index (χ0v) is 14.4. The molecule has 0 spiro atoms. The summed E-state index contributed by atoms with van der Waals surface area (Å²) in [5.74, 6) is 1.54. The van der Waals surface area contributed by atoms with Crippen molar-refractivity contribution in [2.24, 2.45) is 11.8 Å². The van der Waals surface area contributed by atoms with E-state index >= 15 is 0 Å². The molecule has 0 fully saturated rings. The molecule has 1 aromatic rings. The molecule has 1 atom stereocenters. The minimum absolute atomic E-state index is 0.0525. The quantitative estimate of drug-likeness (QED) is 0.864. The molecule has 1 rings (SSSR count). The van der Waals surface area contributed by atoms with Gasteiger partial charge in [0, 0.05) is 6.04 Å². The Morgan fingerprint density at radius 1 is 1.05 bits per heavy atom. The third-order valence-corrected chi connectivity index (χ3v) is 3.76. The van der Waals surface area contributed by atoms with Gasteiger partial charge in [-0.15, -0.1) is 0 Å². The van der Waals surface area contributed by atoms with Crippen molar-refractivity contribution >= 4 is 5.91 Å². The monoisotopic (exact) mass is 291 g/mol. The van der Waals surface area contributed by atoms with Crippen LogP contribution in [0.15, 0.2) is 18.2 Å². The van der Waals surface area contributed by atoms with Crippen molar-refractivity contribution in [3.8, 4) is 5.75 Å². The van der Waals surface area contributed by atoms with E-state index in [0.717, 1.165) is 16.9 Å². The van der Waals surface area contributed by atoms with Gasteiger partial charge in [0.05, 0.1) is 0 Å². The number of carbonyl (C=O) groups is 1. The molecule has 118 valence electrons. The summed E-state index contributed by atoms with van der Waals surface area (Å²) in [6, 6.07) is 6.20. The Kier molecular flexibility index (Phi) is 6.25. The van der Waals surface area contributed by atoms with Crippen molar-refractivity contribution in [1.82, 2.24) is 5.32 Å². The van der Waals surface area contributed by atoms with Crippen LogP contribution in [0.5, 0.6) is 5.75 Å². The number of hydrogen-bond donors (Lipinski definition) is 1. The van der Waals surface area contributed by atoms with Gasteiger partial charge in [0.15, 0.2) is 6.10 Å². The number of ether oxygens (including phenoxy) is 1. The Morgan fingerprint density at radius 2 is 1.62 bits per heavy atom. The fourth-order valence-electron chi connectivity index (χ4n) is 2.46. The normalized spacial score (nSPS) is 12.9. The second-order valence-electron chi connectivity index (χ2n) is 6.55. The number of benzene rings is 1. The first-order chi connectivity index (χ1) is 9.72. The highest BCUT2D eigenvalue weighted by Gasteiger charge is 2.23. The highest BCUT2D eigenvalue weighted by Crippen LogP contribution is 2.21. The molecule has 0 saturated carbocycles. The van der Waals surface area contributed by atoms with Gasteiger partial charge in [-0.1, -0.05) is 39.8 Å². The Hall–Kier alpha value is -1.51. The van der Waals surface area contributed by atoms with Crippen LogP contribution in [0, 0.1) is 25.7 Å². The van der Waals surface area contributed by atoms with E-state index in [1.165, 1.54) is 0 Å². The van der Waals surface area contributed by atoms with Gasteiger partial charge in [0.25, 0.3) is 5.91 Å². The smallest absolute Gasteiger partial charge is 0.261 e. The summed E-state index contributed by atoms with van der Waals surface area (Å²) in [7, 11) is 0. The molecule has 0 aliphatic rings. The predicted molar refractivity (Wildman–Crippen MR) is 87.6 cm³/mol.